The summed E-state index contributed by atoms with van der Waals surface area (Å²) in [5.41, 5.74) is 2.28. The molecule has 0 spiro atoms. The van der Waals surface area contributed by atoms with Crippen molar-refractivity contribution in [2.75, 3.05) is 33.7 Å². The zero-order chi connectivity index (χ0) is 15.7. The first-order chi connectivity index (χ1) is 10.5. The van der Waals surface area contributed by atoms with Crippen LogP contribution in [0.2, 0.25) is 0 Å². The number of nitrogens with zero attached hydrogens (tertiary/aromatic N) is 5. The molecule has 0 radical (unpaired) electrons. The van der Waals surface area contributed by atoms with Gasteiger partial charge in [0, 0.05) is 33.7 Å². The average Bonchev–Trinajstić information content (AvgIpc) is 3.08. The lowest BCUT2D eigenvalue weighted by Gasteiger charge is -2.21. The van der Waals surface area contributed by atoms with E-state index in [1.807, 2.05) is 12.1 Å². The fraction of sp³-hybridized carbons (Fsp3) is 0.429. The van der Waals surface area contributed by atoms with Gasteiger partial charge in [0.2, 0.25) is 5.91 Å². The second kappa shape index (κ2) is 5.63. The fourth-order valence-electron chi connectivity index (χ4n) is 2.42. The minimum atomic E-state index is -0.100. The number of amides is 3. The van der Waals surface area contributed by atoms with Crippen LogP contribution in [0.5, 0.6) is 0 Å². The van der Waals surface area contributed by atoms with Gasteiger partial charge in [0.15, 0.2) is 0 Å². The molecule has 0 atom stereocenters. The van der Waals surface area contributed by atoms with E-state index in [4.69, 9.17) is 0 Å². The maximum absolute atomic E-state index is 12.2. The largest absolute Gasteiger partial charge is 0.340 e. The first kappa shape index (κ1) is 14.3. The van der Waals surface area contributed by atoms with Crippen LogP contribution in [0.15, 0.2) is 22.8 Å². The van der Waals surface area contributed by atoms with E-state index in [1.165, 1.54) is 0 Å². The number of likely N-dealkylation sites (N-methyl/N-ethyl adjacent to an activating group) is 2. The third-order valence-corrected chi connectivity index (χ3v) is 3.79. The summed E-state index contributed by atoms with van der Waals surface area (Å²) in [5, 5.41) is 7.53. The molecule has 22 heavy (non-hydrogen) atoms. The molecular formula is C14H17N5O3. The normalized spacial score (nSPS) is 14.9. The lowest BCUT2D eigenvalue weighted by molar-refractivity contribution is -0.130. The zero-order valence-corrected chi connectivity index (χ0v) is 12.5. The zero-order valence-electron chi connectivity index (χ0n) is 12.5. The predicted molar refractivity (Wildman–Crippen MR) is 77.9 cm³/mol. The van der Waals surface area contributed by atoms with Gasteiger partial charge in [-0.2, -0.15) is 0 Å². The highest BCUT2D eigenvalue weighted by molar-refractivity contribution is 5.85. The lowest BCUT2D eigenvalue weighted by Crippen LogP contribution is -2.39. The molecule has 1 aliphatic rings. The van der Waals surface area contributed by atoms with E-state index in [2.05, 4.69) is 14.9 Å². The summed E-state index contributed by atoms with van der Waals surface area (Å²) in [6.45, 7) is 1.80. The fourth-order valence-corrected chi connectivity index (χ4v) is 2.42. The molecule has 3 rings (SSSR count). The Morgan fingerprint density at radius 1 is 1.32 bits per heavy atom. The number of carbonyl (C=O) groups excluding carboxylic acids is 2. The van der Waals surface area contributed by atoms with Gasteiger partial charge >= 0.3 is 6.03 Å². The molecule has 0 N–H and O–H groups in total. The number of urea groups is 1. The van der Waals surface area contributed by atoms with Gasteiger partial charge in [0.1, 0.15) is 17.6 Å². The molecule has 0 unspecified atom stereocenters. The molecule has 116 valence electrons. The van der Waals surface area contributed by atoms with Crippen molar-refractivity contribution in [1.29, 1.82) is 0 Å². The summed E-state index contributed by atoms with van der Waals surface area (Å²) in [5.74, 6) is -0.0953. The third kappa shape index (κ3) is 2.72. The molecule has 8 nitrogen and oxygen atoms in total. The molecule has 1 aliphatic heterocycles. The molecule has 0 bridgehead atoms. The van der Waals surface area contributed by atoms with Crippen LogP contribution in [0, 0.1) is 0 Å². The molecule has 0 aliphatic carbocycles. The Kier molecular flexibility index (Phi) is 3.66. The van der Waals surface area contributed by atoms with Crippen molar-refractivity contribution in [3.8, 4) is 0 Å². The van der Waals surface area contributed by atoms with Crippen LogP contribution in [-0.2, 0) is 11.3 Å². The monoisotopic (exact) mass is 303 g/mol. The molecule has 1 aromatic heterocycles. The summed E-state index contributed by atoms with van der Waals surface area (Å²) >= 11 is 0. The second-order valence-electron chi connectivity index (χ2n) is 5.46. The Balaban J connectivity index is 1.62. The van der Waals surface area contributed by atoms with Gasteiger partial charge in [0.25, 0.3) is 0 Å². The van der Waals surface area contributed by atoms with Crippen LogP contribution in [0.1, 0.15) is 5.56 Å². The van der Waals surface area contributed by atoms with Gasteiger partial charge in [-0.1, -0.05) is 6.07 Å². The third-order valence-electron chi connectivity index (χ3n) is 3.79. The first-order valence-corrected chi connectivity index (χ1v) is 7.00. The SMILES string of the molecule is CN(Cc1ccc2nonc2c1)C(=O)CN1CCN(C)C1=O. The molecule has 1 aromatic carbocycles. The highest BCUT2D eigenvalue weighted by atomic mass is 16.6. The second-order valence-corrected chi connectivity index (χ2v) is 5.46. The number of hydrogen-bond acceptors (Lipinski definition) is 5. The lowest BCUT2D eigenvalue weighted by atomic mass is 10.2. The number of fused-ring (bicyclic) bond motifs is 1. The van der Waals surface area contributed by atoms with Gasteiger partial charge in [-0.25, -0.2) is 9.42 Å². The van der Waals surface area contributed by atoms with Crippen LogP contribution in [-0.4, -0.2) is 70.7 Å². The number of aromatic nitrogens is 2. The van der Waals surface area contributed by atoms with Crippen molar-refractivity contribution in [1.82, 2.24) is 25.0 Å². The minimum Gasteiger partial charge on any atom is -0.340 e. The molecule has 2 aromatic rings. The van der Waals surface area contributed by atoms with E-state index in [1.54, 1.807) is 34.9 Å². The van der Waals surface area contributed by atoms with E-state index < -0.39 is 0 Å². The van der Waals surface area contributed by atoms with Gasteiger partial charge in [0.05, 0.1) is 0 Å². The smallest absolute Gasteiger partial charge is 0.320 e. The summed E-state index contributed by atoms with van der Waals surface area (Å²) in [7, 11) is 3.45. The number of hydrogen-bond donors (Lipinski definition) is 0. The summed E-state index contributed by atoms with van der Waals surface area (Å²) < 4.78 is 4.65. The Morgan fingerprint density at radius 2 is 2.09 bits per heavy atom. The van der Waals surface area contributed by atoms with Crippen LogP contribution in [0.25, 0.3) is 11.0 Å². The van der Waals surface area contributed by atoms with E-state index in [0.717, 1.165) is 5.56 Å². The quantitative estimate of drug-likeness (QED) is 0.823. The highest BCUT2D eigenvalue weighted by Gasteiger charge is 2.27. The van der Waals surface area contributed by atoms with Crippen molar-refractivity contribution >= 4 is 23.0 Å². The van der Waals surface area contributed by atoms with E-state index in [-0.39, 0.29) is 18.5 Å². The van der Waals surface area contributed by atoms with E-state index >= 15 is 0 Å². The predicted octanol–water partition coefficient (Wildman–Crippen LogP) is 0.549. The summed E-state index contributed by atoms with van der Waals surface area (Å²) in [6, 6.07) is 5.42. The highest BCUT2D eigenvalue weighted by Crippen LogP contribution is 2.13. The summed E-state index contributed by atoms with van der Waals surface area (Å²) in [4.78, 5) is 28.8. The molecule has 2 heterocycles. The topological polar surface area (TPSA) is 82.8 Å². The molecule has 3 amide bonds. The summed E-state index contributed by atoms with van der Waals surface area (Å²) in [6.07, 6.45) is 0. The molecule has 1 fully saturated rings. The van der Waals surface area contributed by atoms with Crippen molar-refractivity contribution < 1.29 is 14.2 Å². The number of rotatable bonds is 4. The van der Waals surface area contributed by atoms with Gasteiger partial charge in [-0.15, -0.1) is 0 Å². The molecule has 0 saturated carbocycles. The number of benzene rings is 1. The van der Waals surface area contributed by atoms with Gasteiger partial charge in [-0.05, 0) is 28.0 Å². The molecular weight excluding hydrogens is 286 g/mol. The standard InChI is InChI=1S/C14H17N5O3/c1-17-5-6-19(14(17)21)9-13(20)18(2)8-10-3-4-11-12(7-10)16-22-15-11/h3-4,7H,5-6,8-9H2,1-2H3. The van der Waals surface area contributed by atoms with Gasteiger partial charge < -0.3 is 14.7 Å². The van der Waals surface area contributed by atoms with Gasteiger partial charge in [-0.3, -0.25) is 4.79 Å². The van der Waals surface area contributed by atoms with Crippen molar-refractivity contribution in [2.45, 2.75) is 6.54 Å². The van der Waals surface area contributed by atoms with Crippen LogP contribution >= 0.6 is 0 Å². The van der Waals surface area contributed by atoms with Crippen LogP contribution in [0.3, 0.4) is 0 Å². The first-order valence-electron chi connectivity index (χ1n) is 7.00. The van der Waals surface area contributed by atoms with Crippen molar-refractivity contribution in [3.63, 3.8) is 0 Å². The maximum atomic E-state index is 12.2. The maximum Gasteiger partial charge on any atom is 0.320 e. The number of carbonyl (C=O) groups is 2. The minimum absolute atomic E-state index is 0.0953. The van der Waals surface area contributed by atoms with E-state index in [0.29, 0.717) is 30.7 Å². The van der Waals surface area contributed by atoms with Crippen LogP contribution < -0.4 is 0 Å². The van der Waals surface area contributed by atoms with Crippen molar-refractivity contribution in [3.05, 3.63) is 23.8 Å². The Morgan fingerprint density at radius 3 is 2.82 bits per heavy atom. The Bertz CT molecular complexity index is 713. The van der Waals surface area contributed by atoms with Crippen molar-refractivity contribution in [2.24, 2.45) is 0 Å². The van der Waals surface area contributed by atoms with E-state index in [9.17, 15) is 9.59 Å². The molecule has 8 heteroatoms. The Hall–Kier alpha value is -2.64. The Labute approximate surface area is 127 Å². The van der Waals surface area contributed by atoms with Crippen LogP contribution in [0.4, 0.5) is 4.79 Å². The average molecular weight is 303 g/mol. The molecule has 1 saturated heterocycles.